The monoisotopic (exact) mass is 463 g/mol. The van der Waals surface area contributed by atoms with Crippen LogP contribution in [0.25, 0.3) is 10.9 Å². The fourth-order valence-electron chi connectivity index (χ4n) is 3.22. The second-order valence-corrected chi connectivity index (χ2v) is 6.93. The van der Waals surface area contributed by atoms with Crippen molar-refractivity contribution in [2.45, 2.75) is 31.0 Å². The normalized spacial score (nSPS) is 18.2. The van der Waals surface area contributed by atoms with Crippen molar-refractivity contribution in [3.8, 4) is 0 Å². The van der Waals surface area contributed by atoms with Gasteiger partial charge in [0.15, 0.2) is 0 Å². The van der Waals surface area contributed by atoms with Gasteiger partial charge in [0.05, 0.1) is 28.2 Å². The van der Waals surface area contributed by atoms with Crippen LogP contribution >= 0.6 is 0 Å². The molecular weight excluding hydrogens is 448 g/mol. The number of nitrogens with zero attached hydrogens (tertiary/aromatic N) is 2. The summed E-state index contributed by atoms with van der Waals surface area (Å²) in [6, 6.07) is 3.10. The first-order chi connectivity index (χ1) is 14.8. The van der Waals surface area contributed by atoms with Gasteiger partial charge in [0.25, 0.3) is 5.70 Å². The van der Waals surface area contributed by atoms with Crippen LogP contribution in [0.15, 0.2) is 47.8 Å². The molecule has 0 saturated carbocycles. The minimum Gasteiger partial charge on any atom is -0.387 e. The standard InChI is InChI=1S/C19H15F6N3O4/c20-18(21,22)12-3-1-2-10-11(7-16(19(23,24)25)27-17(10)12)15(30)8-26-13-6-9(28(31)32)4-5-14(13)29/h1-4,6-7,14-15,26,29-30H,5,8H2. The van der Waals surface area contributed by atoms with Crippen LogP contribution in [-0.2, 0) is 12.4 Å². The summed E-state index contributed by atoms with van der Waals surface area (Å²) in [5, 5.41) is 33.5. The van der Waals surface area contributed by atoms with Crippen LogP contribution in [0, 0.1) is 10.1 Å². The number of benzene rings is 1. The molecule has 1 aliphatic carbocycles. The molecule has 0 radical (unpaired) electrons. The van der Waals surface area contributed by atoms with E-state index in [-0.39, 0.29) is 23.2 Å². The van der Waals surface area contributed by atoms with Gasteiger partial charge in [-0.2, -0.15) is 26.3 Å². The minimum atomic E-state index is -5.08. The molecule has 2 unspecified atom stereocenters. The van der Waals surface area contributed by atoms with E-state index < -0.39 is 58.4 Å². The second-order valence-electron chi connectivity index (χ2n) is 6.93. The van der Waals surface area contributed by atoms with Crippen molar-refractivity contribution < 1.29 is 41.5 Å². The molecule has 13 heteroatoms. The summed E-state index contributed by atoms with van der Waals surface area (Å²) in [5.74, 6) is 0. The third-order valence-corrected chi connectivity index (χ3v) is 4.75. The lowest BCUT2D eigenvalue weighted by Gasteiger charge is -2.22. The molecule has 32 heavy (non-hydrogen) atoms. The Kier molecular flexibility index (Phi) is 6.15. The van der Waals surface area contributed by atoms with E-state index in [1.54, 1.807) is 0 Å². The highest BCUT2D eigenvalue weighted by atomic mass is 19.4. The lowest BCUT2D eigenvalue weighted by atomic mass is 9.99. The fourth-order valence-corrected chi connectivity index (χ4v) is 3.22. The van der Waals surface area contributed by atoms with Crippen molar-refractivity contribution in [2.24, 2.45) is 0 Å². The Morgan fingerprint density at radius 2 is 1.91 bits per heavy atom. The van der Waals surface area contributed by atoms with Crippen LogP contribution in [0.1, 0.15) is 29.3 Å². The van der Waals surface area contributed by atoms with Gasteiger partial charge in [-0.15, -0.1) is 0 Å². The number of halogens is 6. The van der Waals surface area contributed by atoms with Crippen LogP contribution in [0.3, 0.4) is 0 Å². The maximum absolute atomic E-state index is 13.3. The van der Waals surface area contributed by atoms with Crippen LogP contribution < -0.4 is 5.32 Å². The summed E-state index contributed by atoms with van der Waals surface area (Å²) in [7, 11) is 0. The molecule has 0 fully saturated rings. The summed E-state index contributed by atoms with van der Waals surface area (Å²) in [4.78, 5) is 13.3. The van der Waals surface area contributed by atoms with E-state index in [0.717, 1.165) is 24.3 Å². The van der Waals surface area contributed by atoms with Gasteiger partial charge < -0.3 is 15.5 Å². The largest absolute Gasteiger partial charge is 0.433 e. The first kappa shape index (κ1) is 23.5. The number of alkyl halides is 6. The van der Waals surface area contributed by atoms with Crippen molar-refractivity contribution in [2.75, 3.05) is 6.54 Å². The van der Waals surface area contributed by atoms with E-state index in [4.69, 9.17) is 0 Å². The molecule has 0 bridgehead atoms. The highest BCUT2D eigenvalue weighted by Crippen LogP contribution is 2.39. The third kappa shape index (κ3) is 4.83. The lowest BCUT2D eigenvalue weighted by Crippen LogP contribution is -2.30. The van der Waals surface area contributed by atoms with Crippen LogP contribution in [0.4, 0.5) is 26.3 Å². The zero-order valence-electron chi connectivity index (χ0n) is 15.9. The third-order valence-electron chi connectivity index (χ3n) is 4.75. The number of aromatic nitrogens is 1. The topological polar surface area (TPSA) is 109 Å². The first-order valence-electron chi connectivity index (χ1n) is 9.03. The van der Waals surface area contributed by atoms with Gasteiger partial charge in [0.1, 0.15) is 5.69 Å². The van der Waals surface area contributed by atoms with E-state index in [1.807, 2.05) is 0 Å². The molecule has 1 aliphatic rings. The van der Waals surface area contributed by atoms with E-state index in [1.165, 1.54) is 0 Å². The second kappa shape index (κ2) is 8.39. The smallest absolute Gasteiger partial charge is 0.387 e. The van der Waals surface area contributed by atoms with E-state index in [9.17, 15) is 46.7 Å². The number of aliphatic hydroxyl groups is 2. The quantitative estimate of drug-likeness (QED) is 0.355. The molecule has 0 aliphatic heterocycles. The summed E-state index contributed by atoms with van der Waals surface area (Å²) in [6.45, 7) is -0.541. The van der Waals surface area contributed by atoms with Crippen molar-refractivity contribution in [1.82, 2.24) is 10.3 Å². The van der Waals surface area contributed by atoms with Gasteiger partial charge in [-0.3, -0.25) is 10.1 Å². The number of hydrogen-bond acceptors (Lipinski definition) is 6. The van der Waals surface area contributed by atoms with Crippen LogP contribution in [0.5, 0.6) is 0 Å². The van der Waals surface area contributed by atoms with Gasteiger partial charge in [-0.25, -0.2) is 4.98 Å². The van der Waals surface area contributed by atoms with E-state index in [0.29, 0.717) is 12.1 Å². The average molecular weight is 463 g/mol. The zero-order chi connectivity index (χ0) is 23.8. The number of allylic oxidation sites excluding steroid dienone is 1. The summed E-state index contributed by atoms with van der Waals surface area (Å²) >= 11 is 0. The minimum absolute atomic E-state index is 0.0661. The van der Waals surface area contributed by atoms with Crippen LogP contribution in [0.2, 0.25) is 0 Å². The molecule has 1 aromatic heterocycles. The van der Waals surface area contributed by atoms with Gasteiger partial charge in [-0.05, 0) is 23.8 Å². The van der Waals surface area contributed by atoms with Crippen molar-refractivity contribution in [1.29, 1.82) is 0 Å². The number of aliphatic hydroxyl groups excluding tert-OH is 2. The Bertz CT molecular complexity index is 1110. The Balaban J connectivity index is 2.02. The Morgan fingerprint density at radius 3 is 2.50 bits per heavy atom. The predicted octanol–water partition coefficient (Wildman–Crippen LogP) is 3.70. The average Bonchev–Trinajstić information content (AvgIpc) is 2.70. The van der Waals surface area contributed by atoms with Gasteiger partial charge in [0.2, 0.25) is 0 Å². The predicted molar refractivity (Wildman–Crippen MR) is 98.5 cm³/mol. The molecule has 0 saturated heterocycles. The molecule has 172 valence electrons. The molecule has 0 spiro atoms. The highest BCUT2D eigenvalue weighted by Gasteiger charge is 2.38. The molecule has 0 amide bonds. The number of hydrogen-bond donors (Lipinski definition) is 3. The van der Waals surface area contributed by atoms with Crippen LogP contribution in [-0.4, -0.2) is 32.8 Å². The maximum Gasteiger partial charge on any atom is 0.433 e. The maximum atomic E-state index is 13.3. The zero-order valence-corrected chi connectivity index (χ0v) is 15.9. The molecule has 1 heterocycles. The fraction of sp³-hybridized carbons (Fsp3) is 0.316. The van der Waals surface area contributed by atoms with Gasteiger partial charge >= 0.3 is 12.4 Å². The molecule has 7 nitrogen and oxygen atoms in total. The molecule has 1 aromatic carbocycles. The molecular formula is C19H15F6N3O4. The number of rotatable bonds is 5. The number of nitrogens with one attached hydrogen (secondary N) is 1. The number of pyridine rings is 1. The van der Waals surface area contributed by atoms with Crippen molar-refractivity contribution in [3.05, 3.63) is 74.7 Å². The number of nitro groups is 1. The summed E-state index contributed by atoms with van der Waals surface area (Å²) in [5.41, 5.74) is -4.87. The SMILES string of the molecule is O=[N+]([O-])C1=CCC(O)C(NCC(O)c2cc(C(F)(F)F)nc3c(C(F)(F)F)cccc23)=C1. The first-order valence-corrected chi connectivity index (χ1v) is 9.03. The van der Waals surface area contributed by atoms with Crippen molar-refractivity contribution >= 4 is 10.9 Å². The number of fused-ring (bicyclic) bond motifs is 1. The molecule has 2 atom stereocenters. The lowest BCUT2D eigenvalue weighted by molar-refractivity contribution is -0.419. The van der Waals surface area contributed by atoms with E-state index in [2.05, 4.69) is 10.3 Å². The molecule has 3 N–H and O–H groups in total. The van der Waals surface area contributed by atoms with Crippen molar-refractivity contribution in [3.63, 3.8) is 0 Å². The summed E-state index contributed by atoms with van der Waals surface area (Å²) in [6.07, 6.45) is -11.0. The van der Waals surface area contributed by atoms with E-state index >= 15 is 0 Å². The van der Waals surface area contributed by atoms with Gasteiger partial charge in [-0.1, -0.05) is 12.1 Å². The Morgan fingerprint density at radius 1 is 1.22 bits per heavy atom. The summed E-state index contributed by atoms with van der Waals surface area (Å²) < 4.78 is 79.8. The highest BCUT2D eigenvalue weighted by molar-refractivity contribution is 5.86. The Labute approximate surface area is 175 Å². The van der Waals surface area contributed by atoms with Gasteiger partial charge in [0, 0.05) is 30.1 Å². The number of para-hydroxylation sites is 1. The Hall–Kier alpha value is -3.19. The molecule has 2 aromatic rings. The molecule has 3 rings (SSSR count).